The van der Waals surface area contributed by atoms with Crippen LogP contribution in [0.5, 0.6) is 5.75 Å². The Morgan fingerprint density at radius 1 is 1.20 bits per heavy atom. The predicted molar refractivity (Wildman–Crippen MR) is 77.3 cm³/mol. The molecule has 111 valence electrons. The predicted octanol–water partition coefficient (Wildman–Crippen LogP) is 1.21. The lowest BCUT2D eigenvalue weighted by Gasteiger charge is -2.33. The van der Waals surface area contributed by atoms with Crippen molar-refractivity contribution in [1.82, 2.24) is 9.21 Å². The second-order valence-corrected chi connectivity index (χ2v) is 6.57. The third kappa shape index (κ3) is 3.31. The van der Waals surface area contributed by atoms with E-state index in [2.05, 4.69) is 17.9 Å². The van der Waals surface area contributed by atoms with E-state index in [0.29, 0.717) is 25.4 Å². The van der Waals surface area contributed by atoms with Crippen LogP contribution in [0, 0.1) is 6.07 Å². The molecule has 0 unspecified atom stereocenters. The van der Waals surface area contributed by atoms with Gasteiger partial charge in [0.05, 0.1) is 11.5 Å². The third-order valence-corrected chi connectivity index (χ3v) is 5.32. The van der Waals surface area contributed by atoms with Crippen LogP contribution >= 0.6 is 0 Å². The Balaban J connectivity index is 2.10. The number of ether oxygens (including phenoxy) is 1. The fraction of sp³-hybridized carbons (Fsp3) is 0.571. The van der Waals surface area contributed by atoms with E-state index < -0.39 is 10.0 Å². The lowest BCUT2D eigenvalue weighted by Crippen LogP contribution is -2.48. The van der Waals surface area contributed by atoms with Crippen molar-refractivity contribution >= 4 is 10.0 Å². The summed E-state index contributed by atoms with van der Waals surface area (Å²) in [5.74, 6) is 0.641. The maximum Gasteiger partial charge on any atom is 0.243 e. The van der Waals surface area contributed by atoms with Crippen LogP contribution in [-0.4, -0.2) is 57.0 Å². The topological polar surface area (TPSA) is 49.9 Å². The SMILES string of the molecule is CCOc1c[c]c(S(=O)(=O)N2CCN(CC)CC2)cc1. The van der Waals surface area contributed by atoms with Crippen molar-refractivity contribution in [2.75, 3.05) is 39.3 Å². The summed E-state index contributed by atoms with van der Waals surface area (Å²) in [7, 11) is -3.43. The Labute approximate surface area is 121 Å². The van der Waals surface area contributed by atoms with Gasteiger partial charge in [-0.05, 0) is 31.7 Å². The molecule has 1 aliphatic rings. The minimum Gasteiger partial charge on any atom is -0.494 e. The molecule has 1 aromatic carbocycles. The Morgan fingerprint density at radius 3 is 2.40 bits per heavy atom. The highest BCUT2D eigenvalue weighted by Gasteiger charge is 2.28. The van der Waals surface area contributed by atoms with E-state index in [1.807, 2.05) is 6.92 Å². The number of hydrogen-bond donors (Lipinski definition) is 0. The second-order valence-electron chi connectivity index (χ2n) is 4.66. The first-order chi connectivity index (χ1) is 9.57. The molecular weight excluding hydrogens is 276 g/mol. The number of nitrogens with zero attached hydrogens (tertiary/aromatic N) is 2. The lowest BCUT2D eigenvalue weighted by atomic mass is 10.3. The van der Waals surface area contributed by atoms with Crippen LogP contribution in [-0.2, 0) is 10.0 Å². The molecule has 5 nitrogen and oxygen atoms in total. The highest BCUT2D eigenvalue weighted by atomic mass is 32.2. The molecule has 0 saturated carbocycles. The number of rotatable bonds is 5. The summed E-state index contributed by atoms with van der Waals surface area (Å²) in [6.07, 6.45) is 0. The zero-order valence-electron chi connectivity index (χ0n) is 12.0. The molecular formula is C14H21N2O3S. The molecule has 1 fully saturated rings. The summed E-state index contributed by atoms with van der Waals surface area (Å²) in [6, 6.07) is 7.64. The van der Waals surface area contributed by atoms with Gasteiger partial charge < -0.3 is 9.64 Å². The van der Waals surface area contributed by atoms with Crippen molar-refractivity contribution in [3.05, 3.63) is 24.3 Å². The molecule has 20 heavy (non-hydrogen) atoms. The second kappa shape index (κ2) is 6.56. The van der Waals surface area contributed by atoms with Crippen LogP contribution in [0.4, 0.5) is 0 Å². The first-order valence-electron chi connectivity index (χ1n) is 6.95. The third-order valence-electron chi connectivity index (χ3n) is 3.46. The van der Waals surface area contributed by atoms with E-state index in [1.165, 1.54) is 4.31 Å². The van der Waals surface area contributed by atoms with Crippen molar-refractivity contribution < 1.29 is 13.2 Å². The van der Waals surface area contributed by atoms with Crippen LogP contribution < -0.4 is 4.74 Å². The lowest BCUT2D eigenvalue weighted by molar-refractivity contribution is 0.196. The average Bonchev–Trinajstić information content (AvgIpc) is 2.48. The van der Waals surface area contributed by atoms with E-state index in [1.54, 1.807) is 18.2 Å². The largest absolute Gasteiger partial charge is 0.494 e. The van der Waals surface area contributed by atoms with Crippen LogP contribution in [0.15, 0.2) is 23.1 Å². The maximum absolute atomic E-state index is 12.5. The molecule has 0 N–H and O–H groups in total. The fourth-order valence-electron chi connectivity index (χ4n) is 2.24. The van der Waals surface area contributed by atoms with Gasteiger partial charge in [-0.25, -0.2) is 8.42 Å². The van der Waals surface area contributed by atoms with Crippen molar-refractivity contribution in [2.24, 2.45) is 0 Å². The van der Waals surface area contributed by atoms with Crippen LogP contribution in [0.1, 0.15) is 13.8 Å². The van der Waals surface area contributed by atoms with E-state index in [-0.39, 0.29) is 4.90 Å². The molecule has 1 radical (unpaired) electrons. The van der Waals surface area contributed by atoms with Gasteiger partial charge in [-0.15, -0.1) is 0 Å². The van der Waals surface area contributed by atoms with Gasteiger partial charge in [-0.1, -0.05) is 6.92 Å². The standard InChI is InChI=1S/C14H21N2O3S/c1-3-15-9-11-16(12-10-15)20(17,18)14-7-5-13(6-8-14)19-4-2/h5-7H,3-4,9-12H2,1-2H3. The van der Waals surface area contributed by atoms with Crippen molar-refractivity contribution in [2.45, 2.75) is 18.7 Å². The van der Waals surface area contributed by atoms with E-state index in [9.17, 15) is 8.42 Å². The van der Waals surface area contributed by atoms with E-state index in [0.717, 1.165) is 19.6 Å². The van der Waals surface area contributed by atoms with Crippen LogP contribution in [0.25, 0.3) is 0 Å². The number of likely N-dealkylation sites (N-methyl/N-ethyl adjacent to an activating group) is 1. The van der Waals surface area contributed by atoms with Gasteiger partial charge >= 0.3 is 0 Å². The smallest absolute Gasteiger partial charge is 0.243 e. The summed E-state index contributed by atoms with van der Waals surface area (Å²) in [6.45, 7) is 8.14. The highest BCUT2D eigenvalue weighted by molar-refractivity contribution is 7.89. The molecule has 2 rings (SSSR count). The van der Waals surface area contributed by atoms with E-state index in [4.69, 9.17) is 4.74 Å². The zero-order valence-corrected chi connectivity index (χ0v) is 12.8. The summed E-state index contributed by atoms with van der Waals surface area (Å²) >= 11 is 0. The summed E-state index contributed by atoms with van der Waals surface area (Å²) < 4.78 is 31.8. The van der Waals surface area contributed by atoms with Gasteiger partial charge in [0.1, 0.15) is 5.75 Å². The van der Waals surface area contributed by atoms with Gasteiger partial charge in [-0.3, -0.25) is 0 Å². The summed E-state index contributed by atoms with van der Waals surface area (Å²) in [5, 5.41) is 0. The Kier molecular flexibility index (Phi) is 5.01. The highest BCUT2D eigenvalue weighted by Crippen LogP contribution is 2.20. The number of sulfonamides is 1. The quantitative estimate of drug-likeness (QED) is 0.820. The van der Waals surface area contributed by atoms with Gasteiger partial charge in [-0.2, -0.15) is 4.31 Å². The van der Waals surface area contributed by atoms with Crippen LogP contribution in [0.2, 0.25) is 0 Å². The molecule has 1 aromatic rings. The molecule has 0 amide bonds. The molecule has 6 heteroatoms. The zero-order chi connectivity index (χ0) is 14.6. The van der Waals surface area contributed by atoms with Crippen LogP contribution in [0.3, 0.4) is 0 Å². The van der Waals surface area contributed by atoms with Crippen molar-refractivity contribution in [1.29, 1.82) is 0 Å². The first kappa shape index (κ1) is 15.3. The van der Waals surface area contributed by atoms with Gasteiger partial charge in [0.25, 0.3) is 0 Å². The molecule has 0 atom stereocenters. The molecule has 0 aliphatic carbocycles. The minimum atomic E-state index is -3.43. The normalized spacial score (nSPS) is 18.1. The molecule has 0 bridgehead atoms. The van der Waals surface area contributed by atoms with Crippen molar-refractivity contribution in [3.63, 3.8) is 0 Å². The molecule has 1 heterocycles. The van der Waals surface area contributed by atoms with Gasteiger partial charge in [0.15, 0.2) is 0 Å². The minimum absolute atomic E-state index is 0.214. The number of hydrogen-bond acceptors (Lipinski definition) is 4. The van der Waals surface area contributed by atoms with Gasteiger partial charge in [0, 0.05) is 32.2 Å². The van der Waals surface area contributed by atoms with Gasteiger partial charge in [0.2, 0.25) is 10.0 Å². The summed E-state index contributed by atoms with van der Waals surface area (Å²) in [4.78, 5) is 2.46. The molecule has 0 spiro atoms. The number of piperazine rings is 1. The molecule has 1 saturated heterocycles. The molecule has 1 aliphatic heterocycles. The fourth-order valence-corrected chi connectivity index (χ4v) is 3.61. The maximum atomic E-state index is 12.5. The van der Waals surface area contributed by atoms with Crippen molar-refractivity contribution in [3.8, 4) is 5.75 Å². The molecule has 0 aromatic heterocycles. The average molecular weight is 297 g/mol. The van der Waals surface area contributed by atoms with E-state index >= 15 is 0 Å². The Morgan fingerprint density at radius 2 is 1.90 bits per heavy atom. The Bertz CT molecular complexity index is 520. The Hall–Kier alpha value is -1.11. The monoisotopic (exact) mass is 297 g/mol. The summed E-state index contributed by atoms with van der Waals surface area (Å²) in [5.41, 5.74) is 0. The number of benzene rings is 1. The first-order valence-corrected chi connectivity index (χ1v) is 8.39.